The van der Waals surface area contributed by atoms with Gasteiger partial charge in [0.1, 0.15) is 0 Å². The Bertz CT molecular complexity index is 301. The lowest BCUT2D eigenvalue weighted by Crippen LogP contribution is -2.46. The minimum atomic E-state index is -3.40. The second-order valence-corrected chi connectivity index (χ2v) is 5.03. The predicted octanol–water partition coefficient (Wildman–Crippen LogP) is -0.920. The highest BCUT2D eigenvalue weighted by Crippen LogP contribution is 2.00. The third-order valence-corrected chi connectivity index (χ3v) is 2.88. The number of amides is 2. The Morgan fingerprint density at radius 1 is 1.50 bits per heavy atom. The van der Waals surface area contributed by atoms with Crippen molar-refractivity contribution in [1.82, 2.24) is 10.2 Å². The summed E-state index contributed by atoms with van der Waals surface area (Å²) in [4.78, 5) is 12.8. The Kier molecular flexibility index (Phi) is 3.70. The van der Waals surface area contributed by atoms with E-state index in [0.717, 1.165) is 6.42 Å². The van der Waals surface area contributed by atoms with Gasteiger partial charge in [-0.25, -0.2) is 18.4 Å². The largest absolute Gasteiger partial charge is 0.338 e. The maximum Gasteiger partial charge on any atom is 0.317 e. The molecule has 2 amide bonds. The van der Waals surface area contributed by atoms with E-state index in [1.807, 2.05) is 0 Å². The average molecular weight is 221 g/mol. The molecule has 1 aliphatic rings. The molecule has 82 valence electrons. The van der Waals surface area contributed by atoms with E-state index in [1.165, 1.54) is 0 Å². The van der Waals surface area contributed by atoms with Crippen LogP contribution in [0.1, 0.15) is 12.8 Å². The molecule has 1 heterocycles. The number of hydrogen-bond donors (Lipinski definition) is 2. The molecule has 0 spiro atoms. The van der Waals surface area contributed by atoms with Gasteiger partial charge < -0.3 is 10.2 Å². The molecule has 0 aromatic rings. The molecule has 0 aromatic heterocycles. The normalized spacial score (nSPS) is 18.1. The monoisotopic (exact) mass is 221 g/mol. The number of nitrogens with two attached hydrogens (primary N) is 1. The van der Waals surface area contributed by atoms with Crippen LogP contribution in [0.3, 0.4) is 0 Å². The van der Waals surface area contributed by atoms with Gasteiger partial charge in [0, 0.05) is 19.6 Å². The number of carbonyl (C=O) groups excluding carboxylic acids is 1. The van der Waals surface area contributed by atoms with Gasteiger partial charge in [-0.2, -0.15) is 0 Å². The molecule has 14 heavy (non-hydrogen) atoms. The van der Waals surface area contributed by atoms with Crippen LogP contribution in [0.4, 0.5) is 4.79 Å². The summed E-state index contributed by atoms with van der Waals surface area (Å²) in [6.07, 6.45) is 1.30. The summed E-state index contributed by atoms with van der Waals surface area (Å²) in [7, 11) is -3.40. The van der Waals surface area contributed by atoms with Crippen LogP contribution in [-0.2, 0) is 10.0 Å². The van der Waals surface area contributed by atoms with Crippen molar-refractivity contribution in [2.75, 3.05) is 25.4 Å². The zero-order valence-corrected chi connectivity index (χ0v) is 8.72. The van der Waals surface area contributed by atoms with Crippen LogP contribution in [0.25, 0.3) is 0 Å². The van der Waals surface area contributed by atoms with Crippen molar-refractivity contribution in [2.24, 2.45) is 5.14 Å². The van der Waals surface area contributed by atoms with Crippen molar-refractivity contribution in [3.8, 4) is 0 Å². The van der Waals surface area contributed by atoms with E-state index in [4.69, 9.17) is 5.14 Å². The standard InChI is InChI=1S/C7H15N3O3S/c8-14(12,13)6-2-5-10-4-1-3-9-7(10)11/h1-6H2,(H,9,11)(H2,8,12,13). The van der Waals surface area contributed by atoms with E-state index in [1.54, 1.807) is 4.90 Å². The molecule has 1 saturated heterocycles. The fourth-order valence-corrected chi connectivity index (χ4v) is 1.88. The number of hydrogen-bond acceptors (Lipinski definition) is 3. The van der Waals surface area contributed by atoms with Crippen LogP contribution in [-0.4, -0.2) is 44.7 Å². The Hall–Kier alpha value is -0.820. The quantitative estimate of drug-likeness (QED) is 0.643. The van der Waals surface area contributed by atoms with Crippen LogP contribution >= 0.6 is 0 Å². The second-order valence-electron chi connectivity index (χ2n) is 3.29. The minimum Gasteiger partial charge on any atom is -0.338 e. The lowest BCUT2D eigenvalue weighted by Gasteiger charge is -2.27. The third kappa shape index (κ3) is 3.93. The second kappa shape index (κ2) is 4.61. The zero-order valence-electron chi connectivity index (χ0n) is 7.90. The maximum atomic E-state index is 11.2. The van der Waals surface area contributed by atoms with Gasteiger partial charge in [-0.15, -0.1) is 0 Å². The van der Waals surface area contributed by atoms with E-state index in [-0.39, 0.29) is 11.8 Å². The van der Waals surface area contributed by atoms with E-state index in [2.05, 4.69) is 5.32 Å². The Balaban J connectivity index is 2.27. The van der Waals surface area contributed by atoms with Gasteiger partial charge in [0.15, 0.2) is 0 Å². The lowest BCUT2D eigenvalue weighted by atomic mass is 10.3. The SMILES string of the molecule is NS(=O)(=O)CCCN1CCCNC1=O. The molecule has 0 unspecified atom stereocenters. The lowest BCUT2D eigenvalue weighted by molar-refractivity contribution is 0.186. The van der Waals surface area contributed by atoms with Crippen molar-refractivity contribution < 1.29 is 13.2 Å². The summed E-state index contributed by atoms with van der Waals surface area (Å²) >= 11 is 0. The number of carbonyl (C=O) groups is 1. The molecule has 3 N–H and O–H groups in total. The van der Waals surface area contributed by atoms with Crippen LogP contribution in [0, 0.1) is 0 Å². The summed E-state index contributed by atoms with van der Waals surface area (Å²) in [5.74, 6) is -0.0726. The Labute approximate surface area is 83.5 Å². The number of nitrogens with one attached hydrogen (secondary N) is 1. The van der Waals surface area contributed by atoms with Gasteiger partial charge in [0.05, 0.1) is 5.75 Å². The van der Waals surface area contributed by atoms with Gasteiger partial charge in [-0.1, -0.05) is 0 Å². The maximum absolute atomic E-state index is 11.2. The van der Waals surface area contributed by atoms with Crippen LogP contribution in [0.15, 0.2) is 0 Å². The number of urea groups is 1. The molecule has 0 aliphatic carbocycles. The fourth-order valence-electron chi connectivity index (χ4n) is 1.35. The van der Waals surface area contributed by atoms with E-state index in [9.17, 15) is 13.2 Å². The molecule has 0 radical (unpaired) electrons. The summed E-state index contributed by atoms with van der Waals surface area (Å²) in [5, 5.41) is 7.52. The minimum absolute atomic E-state index is 0.0726. The highest BCUT2D eigenvalue weighted by atomic mass is 32.2. The van der Waals surface area contributed by atoms with E-state index < -0.39 is 10.0 Å². The molecule has 0 bridgehead atoms. The number of nitrogens with zero attached hydrogens (tertiary/aromatic N) is 1. The molecular weight excluding hydrogens is 206 g/mol. The Morgan fingerprint density at radius 3 is 2.79 bits per heavy atom. The summed E-state index contributed by atoms with van der Waals surface area (Å²) in [5.41, 5.74) is 0. The van der Waals surface area contributed by atoms with Gasteiger partial charge in [0.25, 0.3) is 0 Å². The summed E-state index contributed by atoms with van der Waals surface area (Å²) in [6.45, 7) is 1.84. The van der Waals surface area contributed by atoms with Crippen LogP contribution in [0.5, 0.6) is 0 Å². The van der Waals surface area contributed by atoms with Gasteiger partial charge >= 0.3 is 6.03 Å². The third-order valence-electron chi connectivity index (χ3n) is 2.03. The van der Waals surface area contributed by atoms with Crippen LogP contribution < -0.4 is 10.5 Å². The van der Waals surface area contributed by atoms with Crippen molar-refractivity contribution in [2.45, 2.75) is 12.8 Å². The molecule has 0 aromatic carbocycles. The zero-order chi connectivity index (χ0) is 10.6. The molecule has 1 rings (SSSR count). The first-order valence-electron chi connectivity index (χ1n) is 4.52. The van der Waals surface area contributed by atoms with Crippen LogP contribution in [0.2, 0.25) is 0 Å². The van der Waals surface area contributed by atoms with Gasteiger partial charge in [-0.3, -0.25) is 0 Å². The van der Waals surface area contributed by atoms with E-state index in [0.29, 0.717) is 26.1 Å². The van der Waals surface area contributed by atoms with Gasteiger partial charge in [-0.05, 0) is 12.8 Å². The number of sulfonamides is 1. The summed E-state index contributed by atoms with van der Waals surface area (Å²) < 4.78 is 21.2. The molecular formula is C7H15N3O3S. The average Bonchev–Trinajstić information content (AvgIpc) is 2.06. The first kappa shape index (κ1) is 11.3. The smallest absolute Gasteiger partial charge is 0.317 e. The highest BCUT2D eigenvalue weighted by Gasteiger charge is 2.17. The summed E-state index contributed by atoms with van der Waals surface area (Å²) in [6, 6.07) is -0.120. The van der Waals surface area contributed by atoms with Crippen molar-refractivity contribution >= 4 is 16.1 Å². The topological polar surface area (TPSA) is 92.5 Å². The van der Waals surface area contributed by atoms with E-state index >= 15 is 0 Å². The molecule has 6 nitrogen and oxygen atoms in total. The van der Waals surface area contributed by atoms with Gasteiger partial charge in [0.2, 0.25) is 10.0 Å². The number of primary sulfonamides is 1. The first-order valence-corrected chi connectivity index (χ1v) is 6.24. The Morgan fingerprint density at radius 2 is 2.21 bits per heavy atom. The highest BCUT2D eigenvalue weighted by molar-refractivity contribution is 7.89. The molecule has 0 saturated carbocycles. The fraction of sp³-hybridized carbons (Fsp3) is 0.857. The van der Waals surface area contributed by atoms with Crippen molar-refractivity contribution in [3.05, 3.63) is 0 Å². The predicted molar refractivity (Wildman–Crippen MR) is 52.2 cm³/mol. The van der Waals surface area contributed by atoms with Crippen molar-refractivity contribution in [3.63, 3.8) is 0 Å². The molecule has 1 fully saturated rings. The number of rotatable bonds is 4. The molecule has 1 aliphatic heterocycles. The first-order chi connectivity index (χ1) is 6.49. The molecule has 0 atom stereocenters. The molecule has 7 heteroatoms. The van der Waals surface area contributed by atoms with Crippen molar-refractivity contribution in [1.29, 1.82) is 0 Å².